The number of rotatable bonds is 1. The number of nitrogens with two attached hydrogens (primary N) is 2. The fraction of sp³-hybridized carbons (Fsp3) is 0.300. The summed E-state index contributed by atoms with van der Waals surface area (Å²) in [6.07, 6.45) is 1.87. The Morgan fingerprint density at radius 2 is 2.23 bits per heavy atom. The maximum Gasteiger partial charge on any atom is 0.249 e. The molecule has 2 rings (SSSR count). The summed E-state index contributed by atoms with van der Waals surface area (Å²) in [6, 6.07) is 5.59. The Morgan fingerprint density at radius 3 is 2.92 bits per heavy atom. The van der Waals surface area contributed by atoms with E-state index >= 15 is 0 Å². The van der Waals surface area contributed by atoms with Crippen LogP contribution in [0, 0.1) is 0 Å². The van der Waals surface area contributed by atoms with Gasteiger partial charge in [0.15, 0.2) is 0 Å². The molecule has 0 saturated heterocycles. The first-order valence-electron chi connectivity index (χ1n) is 4.37. The molecule has 0 aromatic heterocycles. The fourth-order valence-corrected chi connectivity index (χ4v) is 1.94. The number of carbonyl (C=O) groups is 1. The minimum atomic E-state index is -0.380. The van der Waals surface area contributed by atoms with Gasteiger partial charge in [-0.15, -0.1) is 0 Å². The van der Waals surface area contributed by atoms with E-state index in [0.29, 0.717) is 5.56 Å². The molecule has 3 heteroatoms. The molecule has 0 radical (unpaired) electrons. The molecule has 1 unspecified atom stereocenters. The number of benzene rings is 1. The van der Waals surface area contributed by atoms with Crippen LogP contribution in [0.1, 0.15) is 33.9 Å². The lowest BCUT2D eigenvalue weighted by atomic mass is 10.0. The summed E-state index contributed by atoms with van der Waals surface area (Å²) in [5, 5.41) is 0. The molecular formula is C10H12N2O. The minimum absolute atomic E-state index is 0.0151. The summed E-state index contributed by atoms with van der Waals surface area (Å²) in [4.78, 5) is 11.1. The van der Waals surface area contributed by atoms with Gasteiger partial charge in [0, 0.05) is 11.6 Å². The Labute approximate surface area is 76.7 Å². The van der Waals surface area contributed by atoms with Gasteiger partial charge in [0.05, 0.1) is 0 Å². The molecule has 4 N–H and O–H groups in total. The van der Waals surface area contributed by atoms with E-state index in [1.54, 1.807) is 6.07 Å². The van der Waals surface area contributed by atoms with Crippen molar-refractivity contribution in [2.24, 2.45) is 11.5 Å². The van der Waals surface area contributed by atoms with Crippen molar-refractivity contribution in [1.29, 1.82) is 0 Å². The number of hydrogen-bond donors (Lipinski definition) is 2. The highest BCUT2D eigenvalue weighted by molar-refractivity contribution is 5.95. The zero-order chi connectivity index (χ0) is 9.42. The van der Waals surface area contributed by atoms with Crippen LogP contribution in [-0.4, -0.2) is 5.91 Å². The highest BCUT2D eigenvalue weighted by atomic mass is 16.1. The van der Waals surface area contributed by atoms with Crippen molar-refractivity contribution >= 4 is 5.91 Å². The van der Waals surface area contributed by atoms with Crippen molar-refractivity contribution in [1.82, 2.24) is 0 Å². The summed E-state index contributed by atoms with van der Waals surface area (Å²) < 4.78 is 0. The lowest BCUT2D eigenvalue weighted by Gasteiger charge is -2.08. The summed E-state index contributed by atoms with van der Waals surface area (Å²) in [5.41, 5.74) is 13.8. The molecule has 0 aliphatic heterocycles. The van der Waals surface area contributed by atoms with Crippen LogP contribution in [0.15, 0.2) is 18.2 Å². The van der Waals surface area contributed by atoms with Crippen LogP contribution >= 0.6 is 0 Å². The first-order chi connectivity index (χ1) is 6.20. The van der Waals surface area contributed by atoms with Gasteiger partial charge in [0.1, 0.15) is 0 Å². The molecule has 0 spiro atoms. The van der Waals surface area contributed by atoms with Crippen molar-refractivity contribution in [3.8, 4) is 0 Å². The van der Waals surface area contributed by atoms with Crippen LogP contribution in [0.2, 0.25) is 0 Å². The van der Waals surface area contributed by atoms with Gasteiger partial charge in [-0.3, -0.25) is 4.79 Å². The second-order valence-electron chi connectivity index (χ2n) is 3.39. The third-order valence-corrected chi connectivity index (χ3v) is 2.56. The van der Waals surface area contributed by atoms with Gasteiger partial charge in [-0.1, -0.05) is 12.1 Å². The first kappa shape index (κ1) is 8.26. The van der Waals surface area contributed by atoms with Gasteiger partial charge in [-0.05, 0) is 30.0 Å². The molecule has 3 nitrogen and oxygen atoms in total. The molecule has 68 valence electrons. The quantitative estimate of drug-likeness (QED) is 0.662. The van der Waals surface area contributed by atoms with Crippen LogP contribution in [0.5, 0.6) is 0 Å². The van der Waals surface area contributed by atoms with Crippen LogP contribution in [-0.2, 0) is 6.42 Å². The van der Waals surface area contributed by atoms with Crippen LogP contribution in [0.3, 0.4) is 0 Å². The maximum absolute atomic E-state index is 11.1. The Morgan fingerprint density at radius 1 is 1.46 bits per heavy atom. The summed E-state index contributed by atoms with van der Waals surface area (Å²) in [6.45, 7) is 0. The second-order valence-corrected chi connectivity index (χ2v) is 3.39. The zero-order valence-electron chi connectivity index (χ0n) is 7.29. The smallest absolute Gasteiger partial charge is 0.249 e. The molecule has 0 fully saturated rings. The van der Waals surface area contributed by atoms with E-state index in [1.807, 2.05) is 12.1 Å². The topological polar surface area (TPSA) is 69.1 Å². The summed E-state index contributed by atoms with van der Waals surface area (Å²) in [7, 11) is 0. The number of carbonyl (C=O) groups excluding carboxylic acids is 1. The van der Waals surface area contributed by atoms with Gasteiger partial charge in [0.2, 0.25) is 5.91 Å². The van der Waals surface area contributed by atoms with E-state index in [1.165, 1.54) is 5.56 Å². The fourth-order valence-electron chi connectivity index (χ4n) is 1.94. The average molecular weight is 176 g/mol. The molecular weight excluding hydrogens is 164 g/mol. The SMILES string of the molecule is NC(=O)c1cccc2c1C(N)CC2. The van der Waals surface area contributed by atoms with E-state index < -0.39 is 0 Å². The molecule has 1 aliphatic rings. The zero-order valence-corrected chi connectivity index (χ0v) is 7.29. The average Bonchev–Trinajstić information content (AvgIpc) is 2.48. The summed E-state index contributed by atoms with van der Waals surface area (Å²) in [5.74, 6) is -0.380. The van der Waals surface area contributed by atoms with Crippen molar-refractivity contribution in [2.45, 2.75) is 18.9 Å². The Hall–Kier alpha value is -1.35. The number of aryl methyl sites for hydroxylation is 1. The molecule has 13 heavy (non-hydrogen) atoms. The molecule has 1 aliphatic carbocycles. The number of fused-ring (bicyclic) bond motifs is 1. The van der Waals surface area contributed by atoms with E-state index in [-0.39, 0.29) is 11.9 Å². The predicted molar refractivity (Wildman–Crippen MR) is 50.2 cm³/mol. The molecule has 0 bridgehead atoms. The first-order valence-corrected chi connectivity index (χ1v) is 4.37. The third kappa shape index (κ3) is 1.21. The number of primary amides is 1. The minimum Gasteiger partial charge on any atom is -0.366 e. The number of hydrogen-bond acceptors (Lipinski definition) is 2. The van der Waals surface area contributed by atoms with E-state index in [2.05, 4.69) is 0 Å². The molecule has 0 saturated carbocycles. The van der Waals surface area contributed by atoms with Gasteiger partial charge in [-0.2, -0.15) is 0 Å². The van der Waals surface area contributed by atoms with Gasteiger partial charge < -0.3 is 11.5 Å². The van der Waals surface area contributed by atoms with Crippen LogP contribution in [0.4, 0.5) is 0 Å². The molecule has 0 heterocycles. The summed E-state index contributed by atoms with van der Waals surface area (Å²) >= 11 is 0. The van der Waals surface area contributed by atoms with Gasteiger partial charge in [0.25, 0.3) is 0 Å². The lowest BCUT2D eigenvalue weighted by molar-refractivity contribution is 0.0999. The third-order valence-electron chi connectivity index (χ3n) is 2.56. The molecule has 1 aromatic carbocycles. The van der Waals surface area contributed by atoms with E-state index in [4.69, 9.17) is 11.5 Å². The molecule has 1 atom stereocenters. The number of amides is 1. The van der Waals surface area contributed by atoms with Crippen LogP contribution in [0.25, 0.3) is 0 Å². The lowest BCUT2D eigenvalue weighted by Crippen LogP contribution is -2.17. The monoisotopic (exact) mass is 176 g/mol. The second kappa shape index (κ2) is 2.85. The van der Waals surface area contributed by atoms with Gasteiger partial charge in [-0.25, -0.2) is 0 Å². The van der Waals surface area contributed by atoms with Crippen LogP contribution < -0.4 is 11.5 Å². The van der Waals surface area contributed by atoms with Gasteiger partial charge >= 0.3 is 0 Å². The maximum atomic E-state index is 11.1. The predicted octanol–water partition coefficient (Wildman–Crippen LogP) is 0.732. The Bertz CT molecular complexity index is 360. The highest BCUT2D eigenvalue weighted by Gasteiger charge is 2.23. The van der Waals surface area contributed by atoms with Crippen molar-refractivity contribution in [3.05, 3.63) is 34.9 Å². The van der Waals surface area contributed by atoms with E-state index in [0.717, 1.165) is 18.4 Å². The van der Waals surface area contributed by atoms with Crippen molar-refractivity contribution in [3.63, 3.8) is 0 Å². The normalized spacial score (nSPS) is 19.9. The van der Waals surface area contributed by atoms with Crippen molar-refractivity contribution < 1.29 is 4.79 Å². The largest absolute Gasteiger partial charge is 0.366 e. The van der Waals surface area contributed by atoms with Crippen molar-refractivity contribution in [2.75, 3.05) is 0 Å². The standard InChI is InChI=1S/C10H12N2O/c11-8-5-4-6-2-1-3-7(9(6)8)10(12)13/h1-3,8H,4-5,11H2,(H2,12,13). The Balaban J connectivity index is 2.60. The Kier molecular flexibility index (Phi) is 1.81. The van der Waals surface area contributed by atoms with E-state index in [9.17, 15) is 4.79 Å². The highest BCUT2D eigenvalue weighted by Crippen LogP contribution is 2.31. The molecule has 1 amide bonds. The molecule has 1 aromatic rings.